The molecule has 0 unspecified atom stereocenters. The predicted molar refractivity (Wildman–Crippen MR) is 97.5 cm³/mol. The number of nitrogens with two attached hydrogens (primary N) is 1. The minimum absolute atomic E-state index is 0.201. The van der Waals surface area contributed by atoms with Crippen LogP contribution < -0.4 is 10.9 Å². The summed E-state index contributed by atoms with van der Waals surface area (Å²) < 4.78 is 5.36. The second kappa shape index (κ2) is 6.80. The molecule has 0 aliphatic carbocycles. The maximum Gasteiger partial charge on any atom is 0.336 e. The van der Waals surface area contributed by atoms with Gasteiger partial charge < -0.3 is 9.73 Å². The highest BCUT2D eigenvalue weighted by Gasteiger charge is 2.14. The second-order valence-corrected chi connectivity index (χ2v) is 6.68. The Morgan fingerprint density at radius 3 is 2.58 bits per heavy atom. The van der Waals surface area contributed by atoms with Gasteiger partial charge in [0.2, 0.25) is 0 Å². The van der Waals surface area contributed by atoms with Crippen LogP contribution in [0.2, 0.25) is 5.02 Å². The summed E-state index contributed by atoms with van der Waals surface area (Å²) in [7, 11) is 0. The highest BCUT2D eigenvalue weighted by Crippen LogP contribution is 2.22. The summed E-state index contributed by atoms with van der Waals surface area (Å²) in [4.78, 5) is 11.9. The smallest absolute Gasteiger partial charge is 0.336 e. The van der Waals surface area contributed by atoms with E-state index < -0.39 is 0 Å². The van der Waals surface area contributed by atoms with Gasteiger partial charge in [-0.25, -0.2) is 4.79 Å². The van der Waals surface area contributed by atoms with Crippen LogP contribution in [0.1, 0.15) is 35.2 Å². The number of rotatable bonds is 4. The van der Waals surface area contributed by atoms with Crippen LogP contribution in [0.5, 0.6) is 0 Å². The minimum atomic E-state index is -0.306. The Labute approximate surface area is 146 Å². The van der Waals surface area contributed by atoms with Crippen LogP contribution in [0.15, 0.2) is 51.7 Å². The molecule has 0 radical (unpaired) electrons. The summed E-state index contributed by atoms with van der Waals surface area (Å²) in [5.41, 5.74) is 4.74. The summed E-state index contributed by atoms with van der Waals surface area (Å²) in [6.45, 7) is 6.90. The molecule has 0 spiro atoms. The van der Waals surface area contributed by atoms with E-state index in [0.29, 0.717) is 12.1 Å². The van der Waals surface area contributed by atoms with Gasteiger partial charge in [-0.1, -0.05) is 29.8 Å². The quantitative estimate of drug-likeness (QED) is 0.731. The second-order valence-electron chi connectivity index (χ2n) is 6.27. The standard InChI is InChI=1S/C20H20ClNO2/c1-12-8-17-15(10-20(23)24-19(17)9-13(12)2)11-22-14(3)16-6-4-5-7-18(16)21/h4-10,14,22H,11H2,1-3H3/p+1/t14-/m0/s1. The van der Waals surface area contributed by atoms with Crippen molar-refractivity contribution in [3.8, 4) is 0 Å². The number of aryl methyl sites for hydroxylation is 2. The fraction of sp³-hybridized carbons (Fsp3) is 0.250. The van der Waals surface area contributed by atoms with E-state index in [2.05, 4.69) is 25.2 Å². The number of fused-ring (bicyclic) bond motifs is 1. The zero-order valence-electron chi connectivity index (χ0n) is 14.1. The lowest BCUT2D eigenvalue weighted by Gasteiger charge is -2.13. The average Bonchev–Trinajstić information content (AvgIpc) is 2.54. The molecule has 0 saturated carbocycles. The molecule has 4 heteroatoms. The monoisotopic (exact) mass is 342 g/mol. The Morgan fingerprint density at radius 2 is 1.83 bits per heavy atom. The van der Waals surface area contributed by atoms with Gasteiger partial charge in [0.05, 0.1) is 0 Å². The summed E-state index contributed by atoms with van der Waals surface area (Å²) in [5.74, 6) is 0. The van der Waals surface area contributed by atoms with E-state index in [-0.39, 0.29) is 11.7 Å². The zero-order chi connectivity index (χ0) is 17.3. The maximum atomic E-state index is 11.9. The molecule has 0 bridgehead atoms. The molecule has 1 heterocycles. The van der Waals surface area contributed by atoms with Crippen molar-refractivity contribution in [2.75, 3.05) is 0 Å². The van der Waals surface area contributed by atoms with Gasteiger partial charge >= 0.3 is 5.63 Å². The lowest BCUT2D eigenvalue weighted by Crippen LogP contribution is -2.83. The third kappa shape index (κ3) is 3.37. The van der Waals surface area contributed by atoms with Gasteiger partial charge in [-0.3, -0.25) is 0 Å². The number of benzene rings is 2. The van der Waals surface area contributed by atoms with Crippen molar-refractivity contribution in [1.82, 2.24) is 0 Å². The average molecular weight is 343 g/mol. The van der Waals surface area contributed by atoms with E-state index in [9.17, 15) is 4.79 Å². The first kappa shape index (κ1) is 16.7. The maximum absolute atomic E-state index is 11.9. The summed E-state index contributed by atoms with van der Waals surface area (Å²) in [6, 6.07) is 13.7. The Hall–Kier alpha value is -2.10. The first-order valence-electron chi connectivity index (χ1n) is 8.07. The Kier molecular flexibility index (Phi) is 4.74. The number of hydrogen-bond donors (Lipinski definition) is 1. The van der Waals surface area contributed by atoms with Crippen molar-refractivity contribution in [3.05, 3.63) is 80.2 Å². The molecule has 0 amide bonds. The fourth-order valence-corrected chi connectivity index (χ4v) is 3.23. The van der Waals surface area contributed by atoms with E-state index in [0.717, 1.165) is 27.1 Å². The molecule has 0 aliphatic heterocycles. The van der Waals surface area contributed by atoms with Crippen LogP contribution in [-0.2, 0) is 6.54 Å². The van der Waals surface area contributed by atoms with Crippen molar-refractivity contribution in [2.45, 2.75) is 33.4 Å². The Morgan fingerprint density at radius 1 is 1.12 bits per heavy atom. The van der Waals surface area contributed by atoms with Crippen LogP contribution in [-0.4, -0.2) is 0 Å². The number of quaternary nitrogens is 1. The van der Waals surface area contributed by atoms with Crippen molar-refractivity contribution in [3.63, 3.8) is 0 Å². The van der Waals surface area contributed by atoms with Crippen LogP contribution >= 0.6 is 11.6 Å². The van der Waals surface area contributed by atoms with Crippen molar-refractivity contribution < 1.29 is 9.73 Å². The molecule has 3 nitrogen and oxygen atoms in total. The van der Waals surface area contributed by atoms with E-state index >= 15 is 0 Å². The summed E-state index contributed by atoms with van der Waals surface area (Å²) in [5, 5.41) is 3.95. The third-order valence-corrected chi connectivity index (χ3v) is 4.88. The SMILES string of the molecule is Cc1cc2oc(=O)cc(C[NH2+][C@@H](C)c3ccccc3Cl)c2cc1C. The third-order valence-electron chi connectivity index (χ3n) is 4.53. The van der Waals surface area contributed by atoms with Gasteiger partial charge in [-0.05, 0) is 50.1 Å². The van der Waals surface area contributed by atoms with E-state index in [1.54, 1.807) is 6.07 Å². The first-order chi connectivity index (χ1) is 11.5. The Bertz CT molecular complexity index is 946. The van der Waals surface area contributed by atoms with E-state index in [1.807, 2.05) is 37.3 Å². The molecule has 1 atom stereocenters. The molecule has 24 heavy (non-hydrogen) atoms. The molecule has 124 valence electrons. The molecule has 3 aromatic rings. The van der Waals surface area contributed by atoms with E-state index in [4.69, 9.17) is 16.0 Å². The van der Waals surface area contributed by atoms with Gasteiger partial charge in [0.1, 0.15) is 18.2 Å². The molecule has 0 aliphatic rings. The lowest BCUT2D eigenvalue weighted by molar-refractivity contribution is -0.707. The fourth-order valence-electron chi connectivity index (χ4n) is 2.93. The topological polar surface area (TPSA) is 46.8 Å². The molecule has 3 rings (SSSR count). The molecular weight excluding hydrogens is 322 g/mol. The number of hydrogen-bond acceptors (Lipinski definition) is 2. The van der Waals surface area contributed by atoms with Gasteiger partial charge in [-0.15, -0.1) is 0 Å². The zero-order valence-corrected chi connectivity index (χ0v) is 14.9. The van der Waals surface area contributed by atoms with E-state index in [1.165, 1.54) is 5.56 Å². The molecular formula is C20H21ClNO2+. The van der Waals surface area contributed by atoms with Gasteiger partial charge in [-0.2, -0.15) is 0 Å². The van der Waals surface area contributed by atoms with Crippen LogP contribution in [0.3, 0.4) is 0 Å². The molecule has 1 aromatic heterocycles. The lowest BCUT2D eigenvalue weighted by atomic mass is 10.0. The highest BCUT2D eigenvalue weighted by atomic mass is 35.5. The summed E-state index contributed by atoms with van der Waals surface area (Å²) in [6.07, 6.45) is 0. The largest absolute Gasteiger partial charge is 0.423 e. The van der Waals surface area contributed by atoms with Crippen molar-refractivity contribution in [2.24, 2.45) is 0 Å². The van der Waals surface area contributed by atoms with Gasteiger partial charge in [0, 0.05) is 27.6 Å². The van der Waals surface area contributed by atoms with Crippen molar-refractivity contribution in [1.29, 1.82) is 0 Å². The van der Waals surface area contributed by atoms with Gasteiger partial charge in [0.15, 0.2) is 0 Å². The minimum Gasteiger partial charge on any atom is -0.423 e. The highest BCUT2D eigenvalue weighted by molar-refractivity contribution is 6.31. The van der Waals surface area contributed by atoms with Crippen LogP contribution in [0, 0.1) is 13.8 Å². The van der Waals surface area contributed by atoms with Crippen molar-refractivity contribution >= 4 is 22.6 Å². The normalized spacial score (nSPS) is 12.5. The van der Waals surface area contributed by atoms with Crippen LogP contribution in [0.4, 0.5) is 0 Å². The first-order valence-corrected chi connectivity index (χ1v) is 8.45. The molecule has 0 saturated heterocycles. The summed E-state index contributed by atoms with van der Waals surface area (Å²) >= 11 is 6.27. The Balaban J connectivity index is 1.91. The molecule has 2 N–H and O–H groups in total. The van der Waals surface area contributed by atoms with Gasteiger partial charge in [0.25, 0.3) is 0 Å². The van der Waals surface area contributed by atoms with Crippen LogP contribution in [0.25, 0.3) is 11.0 Å². The predicted octanol–water partition coefficient (Wildman–Crippen LogP) is 3.89. The molecule has 0 fully saturated rings. The number of halogens is 1. The molecule has 2 aromatic carbocycles.